The van der Waals surface area contributed by atoms with Crippen LogP contribution in [0.15, 0.2) is 5.38 Å². The topological polar surface area (TPSA) is 71.5 Å². The monoisotopic (exact) mass is 365 g/mol. The van der Waals surface area contributed by atoms with Crippen molar-refractivity contribution in [3.05, 3.63) is 16.1 Å². The van der Waals surface area contributed by atoms with E-state index >= 15 is 0 Å². The molecule has 1 aromatic heterocycles. The molecule has 0 aromatic carbocycles. The maximum absolute atomic E-state index is 12.8. The van der Waals surface area contributed by atoms with Gasteiger partial charge in [-0.2, -0.15) is 0 Å². The number of rotatable bonds is 5. The maximum atomic E-state index is 12.8. The van der Waals surface area contributed by atoms with Crippen LogP contribution in [0.1, 0.15) is 48.6 Å². The predicted molar refractivity (Wildman–Crippen MR) is 96.6 cm³/mol. The number of thiazole rings is 1. The van der Waals surface area contributed by atoms with Crippen LogP contribution in [-0.4, -0.2) is 54.0 Å². The van der Waals surface area contributed by atoms with Crippen LogP contribution >= 0.6 is 11.3 Å². The summed E-state index contributed by atoms with van der Waals surface area (Å²) in [7, 11) is 1.70. The maximum Gasteiger partial charge on any atom is 0.273 e. The van der Waals surface area contributed by atoms with Crippen LogP contribution in [0, 0.1) is 11.8 Å². The predicted octanol–water partition coefficient (Wildman–Crippen LogP) is 2.10. The summed E-state index contributed by atoms with van der Waals surface area (Å²) in [5, 5.41) is 5.93. The van der Waals surface area contributed by atoms with Crippen LogP contribution in [-0.2, 0) is 16.0 Å². The third-order valence-corrected chi connectivity index (χ3v) is 6.24. The highest BCUT2D eigenvalue weighted by atomic mass is 32.1. The summed E-state index contributed by atoms with van der Waals surface area (Å²) in [5.41, 5.74) is 0.578. The van der Waals surface area contributed by atoms with Crippen LogP contribution in [0.2, 0.25) is 0 Å². The van der Waals surface area contributed by atoms with Gasteiger partial charge in [0, 0.05) is 32.5 Å². The number of likely N-dealkylation sites (tertiary alicyclic amines) is 1. The number of hydrogen-bond acceptors (Lipinski definition) is 5. The van der Waals surface area contributed by atoms with E-state index in [9.17, 15) is 9.59 Å². The molecule has 3 rings (SSSR count). The zero-order chi connectivity index (χ0) is 18.0. The first-order valence-electron chi connectivity index (χ1n) is 9.05. The lowest BCUT2D eigenvalue weighted by Gasteiger charge is -2.37. The molecule has 1 N–H and O–H groups in total. The summed E-state index contributed by atoms with van der Waals surface area (Å²) in [6, 6.07) is 0.0363. The van der Waals surface area contributed by atoms with Crippen molar-refractivity contribution < 1.29 is 14.3 Å². The van der Waals surface area contributed by atoms with E-state index in [4.69, 9.17) is 4.74 Å². The van der Waals surface area contributed by atoms with Gasteiger partial charge in [0.2, 0.25) is 5.91 Å². The number of hydrogen-bond donors (Lipinski definition) is 1. The van der Waals surface area contributed by atoms with E-state index in [2.05, 4.69) is 17.2 Å². The second-order valence-corrected chi connectivity index (χ2v) is 8.10. The normalized spacial score (nSPS) is 28.7. The Morgan fingerprint density at radius 1 is 1.36 bits per heavy atom. The molecule has 1 aromatic rings. The number of nitrogens with one attached hydrogen (secondary N) is 1. The van der Waals surface area contributed by atoms with Gasteiger partial charge in [-0.3, -0.25) is 9.59 Å². The van der Waals surface area contributed by atoms with Crippen molar-refractivity contribution in [1.82, 2.24) is 15.2 Å². The highest BCUT2D eigenvalue weighted by Gasteiger charge is 2.44. The Kier molecular flexibility index (Phi) is 5.74. The van der Waals surface area contributed by atoms with E-state index in [0.29, 0.717) is 17.5 Å². The fourth-order valence-electron chi connectivity index (χ4n) is 4.15. The first kappa shape index (κ1) is 18.3. The Morgan fingerprint density at radius 2 is 2.08 bits per heavy atom. The number of aromatic nitrogens is 1. The molecule has 25 heavy (non-hydrogen) atoms. The molecule has 1 saturated carbocycles. The molecule has 1 saturated heterocycles. The molecule has 0 bridgehead atoms. The minimum absolute atomic E-state index is 0.0237. The van der Waals surface area contributed by atoms with Gasteiger partial charge in [0.15, 0.2) is 0 Å². The molecule has 2 heterocycles. The molecule has 7 heteroatoms. The Balaban J connectivity index is 1.65. The smallest absolute Gasteiger partial charge is 0.273 e. The van der Waals surface area contributed by atoms with Crippen LogP contribution in [0.5, 0.6) is 0 Å². The summed E-state index contributed by atoms with van der Waals surface area (Å²) >= 11 is 1.57. The molecule has 2 amide bonds. The largest absolute Gasteiger partial charge is 0.379 e. The highest BCUT2D eigenvalue weighted by Crippen LogP contribution is 2.38. The van der Waals surface area contributed by atoms with Crippen LogP contribution in [0.4, 0.5) is 0 Å². The minimum atomic E-state index is -0.0256. The van der Waals surface area contributed by atoms with Crippen molar-refractivity contribution in [1.29, 1.82) is 0 Å². The molecule has 6 nitrogen and oxygen atoms in total. The lowest BCUT2D eigenvalue weighted by molar-refractivity contribution is -0.121. The summed E-state index contributed by atoms with van der Waals surface area (Å²) in [6.07, 6.45) is 3.74. The molecule has 2 fully saturated rings. The fraction of sp³-hybridized carbons (Fsp3) is 0.722. The Labute approximate surface area is 153 Å². The lowest BCUT2D eigenvalue weighted by atomic mass is 9.77. The zero-order valence-corrected chi connectivity index (χ0v) is 16.0. The summed E-state index contributed by atoms with van der Waals surface area (Å²) in [6.45, 7) is 5.17. The van der Waals surface area contributed by atoms with E-state index in [0.717, 1.165) is 43.8 Å². The fourth-order valence-corrected chi connectivity index (χ4v) is 5.03. The van der Waals surface area contributed by atoms with E-state index in [1.807, 2.05) is 10.3 Å². The lowest BCUT2D eigenvalue weighted by Crippen LogP contribution is -2.49. The summed E-state index contributed by atoms with van der Waals surface area (Å²) in [5.74, 6) is 0.869. The van der Waals surface area contributed by atoms with Crippen molar-refractivity contribution in [2.45, 2.75) is 51.7 Å². The van der Waals surface area contributed by atoms with Crippen LogP contribution in [0.25, 0.3) is 0 Å². The van der Waals surface area contributed by atoms with E-state index in [1.54, 1.807) is 25.4 Å². The third kappa shape index (κ3) is 4.03. The molecule has 0 spiro atoms. The van der Waals surface area contributed by atoms with Crippen molar-refractivity contribution in [2.75, 3.05) is 20.2 Å². The van der Waals surface area contributed by atoms with Crippen molar-refractivity contribution in [2.24, 2.45) is 11.8 Å². The number of aryl methyl sites for hydroxylation is 1. The first-order valence-corrected chi connectivity index (χ1v) is 9.93. The van der Waals surface area contributed by atoms with Gasteiger partial charge in [0.1, 0.15) is 5.69 Å². The van der Waals surface area contributed by atoms with Crippen molar-refractivity contribution >= 4 is 23.2 Å². The van der Waals surface area contributed by atoms with Crippen molar-refractivity contribution in [3.8, 4) is 0 Å². The Morgan fingerprint density at radius 3 is 2.72 bits per heavy atom. The van der Waals surface area contributed by atoms with Gasteiger partial charge in [-0.1, -0.05) is 6.92 Å². The quantitative estimate of drug-likeness (QED) is 0.867. The van der Waals surface area contributed by atoms with Gasteiger partial charge in [0.05, 0.1) is 17.2 Å². The van der Waals surface area contributed by atoms with E-state index in [-0.39, 0.29) is 24.0 Å². The highest BCUT2D eigenvalue weighted by molar-refractivity contribution is 7.09. The summed E-state index contributed by atoms with van der Waals surface area (Å²) in [4.78, 5) is 30.7. The van der Waals surface area contributed by atoms with Gasteiger partial charge in [-0.05, 0) is 37.5 Å². The number of amides is 2. The molecule has 0 unspecified atom stereocenters. The Hall–Kier alpha value is -1.47. The summed E-state index contributed by atoms with van der Waals surface area (Å²) < 4.78 is 5.59. The first-order chi connectivity index (χ1) is 12.0. The average molecular weight is 365 g/mol. The van der Waals surface area contributed by atoms with E-state index < -0.39 is 0 Å². The number of nitrogens with zero attached hydrogens (tertiary/aromatic N) is 2. The van der Waals surface area contributed by atoms with E-state index in [1.165, 1.54) is 0 Å². The third-order valence-electron chi connectivity index (χ3n) is 5.33. The minimum Gasteiger partial charge on any atom is -0.379 e. The van der Waals surface area contributed by atoms with Gasteiger partial charge < -0.3 is 15.0 Å². The number of carbonyl (C=O) groups is 2. The number of carbonyl (C=O) groups excluding carboxylic acids is 2. The molecular weight excluding hydrogens is 338 g/mol. The Bertz CT molecular complexity index is 633. The molecule has 0 radical (unpaired) electrons. The average Bonchev–Trinajstić information content (AvgIpc) is 3.19. The van der Waals surface area contributed by atoms with Gasteiger partial charge in [0.25, 0.3) is 5.91 Å². The molecule has 1 aliphatic heterocycles. The van der Waals surface area contributed by atoms with Crippen LogP contribution in [0.3, 0.4) is 0 Å². The van der Waals surface area contributed by atoms with Crippen LogP contribution < -0.4 is 5.32 Å². The molecule has 4 atom stereocenters. The van der Waals surface area contributed by atoms with Gasteiger partial charge in [-0.15, -0.1) is 11.3 Å². The standard InChI is InChI=1S/C18H27N3O3S/c1-4-5-17-20-15(10-25-17)18(23)21-8-12-6-14(19-11(2)22)16(24-3)7-13(12)9-21/h10,12-14,16H,4-9H2,1-3H3,(H,19,22)/t12-,13+,14-,16-/m1/s1. The molecule has 2 aliphatic rings. The number of fused-ring (bicyclic) bond motifs is 1. The SMILES string of the molecule is CCCc1nc(C(=O)N2C[C@H]3C[C@@H](NC(C)=O)[C@H](OC)C[C@H]3C2)cs1. The molecule has 138 valence electrons. The second kappa shape index (κ2) is 7.83. The number of ether oxygens (including phenoxy) is 1. The van der Waals surface area contributed by atoms with Gasteiger partial charge >= 0.3 is 0 Å². The van der Waals surface area contributed by atoms with Gasteiger partial charge in [-0.25, -0.2) is 4.98 Å². The zero-order valence-electron chi connectivity index (χ0n) is 15.2. The second-order valence-electron chi connectivity index (χ2n) is 7.16. The van der Waals surface area contributed by atoms with Crippen molar-refractivity contribution in [3.63, 3.8) is 0 Å². The molecular formula is C18H27N3O3S. The number of methoxy groups -OCH3 is 1. The molecule has 1 aliphatic carbocycles.